The Morgan fingerprint density at radius 1 is 1.15 bits per heavy atom. The number of nitrogens with zero attached hydrogens (tertiary/aromatic N) is 3. The van der Waals surface area contributed by atoms with Crippen LogP contribution in [0.3, 0.4) is 0 Å². The molecule has 0 aliphatic carbocycles. The highest BCUT2D eigenvalue weighted by Crippen LogP contribution is 2.14. The summed E-state index contributed by atoms with van der Waals surface area (Å²) in [5.41, 5.74) is -0.116. The lowest BCUT2D eigenvalue weighted by Gasteiger charge is -2.10. The number of fused-ring (bicyclic) bond motifs is 1. The molecule has 0 aromatic carbocycles. The molecule has 0 saturated heterocycles. The molecule has 0 amide bonds. The van der Waals surface area contributed by atoms with Crippen LogP contribution in [0.15, 0.2) is 9.59 Å². The lowest BCUT2D eigenvalue weighted by atomic mass is 10.3. The Morgan fingerprint density at radius 2 is 1.90 bits per heavy atom. The second-order valence-electron chi connectivity index (χ2n) is 4.79. The number of rotatable bonds is 6. The fourth-order valence-corrected chi connectivity index (χ4v) is 2.31. The van der Waals surface area contributed by atoms with Crippen LogP contribution in [0.25, 0.3) is 11.0 Å². The Kier molecular flexibility index (Phi) is 4.26. The van der Waals surface area contributed by atoms with E-state index in [1.54, 1.807) is 11.6 Å². The summed E-state index contributed by atoms with van der Waals surface area (Å²) in [5, 5.41) is 10.3. The summed E-state index contributed by atoms with van der Waals surface area (Å²) in [5.74, 6) is 0.556. The molecule has 2 heterocycles. The molecule has 0 unspecified atom stereocenters. The number of H-pyrrole nitrogens is 1. The lowest BCUT2D eigenvalue weighted by Crippen LogP contribution is -2.40. The number of aromatic nitrogens is 4. The fourth-order valence-electron chi connectivity index (χ4n) is 2.31. The molecule has 0 atom stereocenters. The minimum absolute atomic E-state index is 0.271. The Hall–Kier alpha value is -2.05. The van der Waals surface area contributed by atoms with Gasteiger partial charge in [-0.2, -0.15) is 5.10 Å². The number of hydrogen-bond donors (Lipinski definition) is 2. The van der Waals surface area contributed by atoms with E-state index in [2.05, 4.69) is 22.4 Å². The van der Waals surface area contributed by atoms with Crippen LogP contribution in [0, 0.1) is 0 Å². The van der Waals surface area contributed by atoms with Crippen LogP contribution in [-0.4, -0.2) is 26.4 Å². The molecular formula is C13H21N5O2. The first-order chi connectivity index (χ1) is 9.65. The van der Waals surface area contributed by atoms with Gasteiger partial charge in [-0.15, -0.1) is 0 Å². The third kappa shape index (κ3) is 2.23. The maximum atomic E-state index is 12.5. The fraction of sp³-hybridized carbons (Fsp3) is 0.615. The van der Waals surface area contributed by atoms with Crippen molar-refractivity contribution < 1.29 is 0 Å². The van der Waals surface area contributed by atoms with Gasteiger partial charge in [0.2, 0.25) is 0 Å². The summed E-state index contributed by atoms with van der Waals surface area (Å²) in [6.07, 6.45) is 2.59. The molecule has 2 rings (SSSR count). The van der Waals surface area contributed by atoms with Crippen molar-refractivity contribution in [3.05, 3.63) is 20.8 Å². The lowest BCUT2D eigenvalue weighted by molar-refractivity contribution is 0.543. The van der Waals surface area contributed by atoms with Crippen molar-refractivity contribution in [2.45, 2.75) is 46.2 Å². The molecular weight excluding hydrogens is 258 g/mol. The zero-order valence-corrected chi connectivity index (χ0v) is 12.2. The summed E-state index contributed by atoms with van der Waals surface area (Å²) in [6, 6.07) is 0. The van der Waals surface area contributed by atoms with Gasteiger partial charge in [0.15, 0.2) is 5.65 Å². The molecule has 20 heavy (non-hydrogen) atoms. The van der Waals surface area contributed by atoms with Crippen molar-refractivity contribution >= 4 is 16.9 Å². The quantitative estimate of drug-likeness (QED) is 0.830. The first kappa shape index (κ1) is 14.4. The van der Waals surface area contributed by atoms with E-state index in [-0.39, 0.29) is 11.2 Å². The zero-order valence-electron chi connectivity index (χ0n) is 12.2. The Morgan fingerprint density at radius 3 is 2.50 bits per heavy atom. The Labute approximate surface area is 116 Å². The molecule has 0 fully saturated rings. The van der Waals surface area contributed by atoms with Crippen molar-refractivity contribution in [1.82, 2.24) is 19.3 Å². The van der Waals surface area contributed by atoms with E-state index in [1.165, 1.54) is 4.57 Å². The van der Waals surface area contributed by atoms with Gasteiger partial charge >= 0.3 is 5.69 Å². The molecule has 0 bridgehead atoms. The maximum absolute atomic E-state index is 12.5. The number of anilines is 1. The monoisotopic (exact) mass is 279 g/mol. The molecule has 110 valence electrons. The smallest absolute Gasteiger partial charge is 0.332 e. The average Bonchev–Trinajstić information content (AvgIpc) is 2.87. The van der Waals surface area contributed by atoms with Crippen molar-refractivity contribution in [2.24, 2.45) is 0 Å². The number of unbranched alkanes of at least 4 members (excludes halogenated alkanes) is 1. The van der Waals surface area contributed by atoms with Crippen LogP contribution in [-0.2, 0) is 13.1 Å². The number of aryl methyl sites for hydroxylation is 1. The number of aromatic amines is 1. The topological polar surface area (TPSA) is 84.7 Å². The maximum Gasteiger partial charge on any atom is 0.332 e. The van der Waals surface area contributed by atoms with E-state index in [4.69, 9.17) is 0 Å². The molecule has 2 N–H and O–H groups in total. The first-order valence-electron chi connectivity index (χ1n) is 7.05. The number of nitrogens with one attached hydrogen (secondary N) is 2. The average molecular weight is 279 g/mol. The summed E-state index contributed by atoms with van der Waals surface area (Å²) < 4.78 is 2.89. The molecule has 0 aliphatic rings. The SMILES string of the molecule is CCCCn1c(=O)n(CCC)c(=O)c2c(NC)[nH]nc21. The Balaban J connectivity index is 2.79. The molecule has 0 radical (unpaired) electrons. The van der Waals surface area contributed by atoms with Crippen LogP contribution in [0.5, 0.6) is 0 Å². The highest BCUT2D eigenvalue weighted by molar-refractivity contribution is 5.86. The van der Waals surface area contributed by atoms with E-state index in [0.717, 1.165) is 19.3 Å². The van der Waals surface area contributed by atoms with Gasteiger partial charge in [-0.1, -0.05) is 20.3 Å². The van der Waals surface area contributed by atoms with Gasteiger partial charge in [-0.05, 0) is 12.8 Å². The predicted octanol–water partition coefficient (Wildman–Crippen LogP) is 1.14. The highest BCUT2D eigenvalue weighted by Gasteiger charge is 2.17. The van der Waals surface area contributed by atoms with Gasteiger partial charge < -0.3 is 5.32 Å². The molecule has 2 aromatic heterocycles. The van der Waals surface area contributed by atoms with Gasteiger partial charge in [0.05, 0.1) is 0 Å². The third-order valence-corrected chi connectivity index (χ3v) is 3.36. The van der Waals surface area contributed by atoms with Crippen molar-refractivity contribution in [2.75, 3.05) is 12.4 Å². The van der Waals surface area contributed by atoms with Crippen LogP contribution in [0.4, 0.5) is 5.82 Å². The van der Waals surface area contributed by atoms with Gasteiger partial charge in [0.25, 0.3) is 5.56 Å². The highest BCUT2D eigenvalue weighted by atomic mass is 16.2. The summed E-state index contributed by atoms with van der Waals surface area (Å²) >= 11 is 0. The summed E-state index contributed by atoms with van der Waals surface area (Å²) in [7, 11) is 1.72. The van der Waals surface area contributed by atoms with Crippen molar-refractivity contribution in [3.8, 4) is 0 Å². The van der Waals surface area contributed by atoms with Crippen molar-refractivity contribution in [3.63, 3.8) is 0 Å². The van der Waals surface area contributed by atoms with E-state index >= 15 is 0 Å². The van der Waals surface area contributed by atoms with Gasteiger partial charge in [-0.25, -0.2) is 4.79 Å². The Bertz CT molecular complexity index is 710. The number of hydrogen-bond acceptors (Lipinski definition) is 4. The summed E-state index contributed by atoms with van der Waals surface area (Å²) in [6.45, 7) is 5.01. The first-order valence-corrected chi connectivity index (χ1v) is 7.05. The molecule has 2 aromatic rings. The molecule has 0 saturated carbocycles. The molecule has 0 aliphatic heterocycles. The second-order valence-corrected chi connectivity index (χ2v) is 4.79. The van der Waals surface area contributed by atoms with Crippen molar-refractivity contribution in [1.29, 1.82) is 0 Å². The minimum Gasteiger partial charge on any atom is -0.373 e. The standard InChI is InChI=1S/C13H21N5O2/c1-4-6-8-17-11-9(10(14-3)15-16-11)12(19)18(7-5-2)13(17)20/h4-8H2,1-3H3,(H2,14,15,16). The van der Waals surface area contributed by atoms with Crippen LogP contribution >= 0.6 is 0 Å². The predicted molar refractivity (Wildman–Crippen MR) is 79.4 cm³/mol. The zero-order chi connectivity index (χ0) is 14.7. The normalized spacial score (nSPS) is 11.2. The van der Waals surface area contributed by atoms with E-state index in [0.29, 0.717) is 29.9 Å². The van der Waals surface area contributed by atoms with Gasteiger partial charge in [-0.3, -0.25) is 19.0 Å². The molecule has 7 heteroatoms. The van der Waals surface area contributed by atoms with Crippen LogP contribution < -0.4 is 16.6 Å². The van der Waals surface area contributed by atoms with Crippen LogP contribution in [0.1, 0.15) is 33.1 Å². The van der Waals surface area contributed by atoms with Crippen LogP contribution in [0.2, 0.25) is 0 Å². The minimum atomic E-state index is -0.280. The summed E-state index contributed by atoms with van der Waals surface area (Å²) in [4.78, 5) is 24.9. The molecule has 0 spiro atoms. The van der Waals surface area contributed by atoms with E-state index < -0.39 is 0 Å². The third-order valence-electron chi connectivity index (χ3n) is 3.36. The van der Waals surface area contributed by atoms with Gasteiger partial charge in [0.1, 0.15) is 11.2 Å². The second kappa shape index (κ2) is 5.94. The van der Waals surface area contributed by atoms with E-state index in [9.17, 15) is 9.59 Å². The molecule has 7 nitrogen and oxygen atoms in total. The van der Waals surface area contributed by atoms with E-state index in [1.807, 2.05) is 6.92 Å². The van der Waals surface area contributed by atoms with Gasteiger partial charge in [0, 0.05) is 20.1 Å². The largest absolute Gasteiger partial charge is 0.373 e.